The number of aliphatic carboxylic acids is 2. The first-order valence-corrected chi connectivity index (χ1v) is 22.9. The van der Waals surface area contributed by atoms with Crippen molar-refractivity contribution in [3.05, 3.63) is 122 Å². The molecule has 0 aromatic heterocycles. The van der Waals surface area contributed by atoms with Crippen molar-refractivity contribution in [1.82, 2.24) is 5.32 Å². The largest absolute Gasteiger partial charge is 0.481 e. The zero-order valence-electron chi connectivity index (χ0n) is 40.0. The predicted octanol–water partition coefficient (Wildman–Crippen LogP) is 13.5. The number of carbonyl (C=O) groups is 4. The average Bonchev–Trinajstić information content (AvgIpc) is 3.22. The van der Waals surface area contributed by atoms with Gasteiger partial charge in [-0.05, 0) is 115 Å². The third-order valence-corrected chi connectivity index (χ3v) is 8.42. The fourth-order valence-corrected chi connectivity index (χ4v) is 5.20. The van der Waals surface area contributed by atoms with Gasteiger partial charge >= 0.3 is 17.9 Å². The van der Waals surface area contributed by atoms with E-state index >= 15 is 0 Å². The highest BCUT2D eigenvalue weighted by Crippen LogP contribution is 2.07. The van der Waals surface area contributed by atoms with Gasteiger partial charge < -0.3 is 26.0 Å². The number of carboxylic acid groups (broad SMARTS) is 2. The van der Waals surface area contributed by atoms with Crippen molar-refractivity contribution in [3.8, 4) is 0 Å². The highest BCUT2D eigenvalue weighted by Gasteiger charge is 2.20. The summed E-state index contributed by atoms with van der Waals surface area (Å²) in [5.74, 6) is -1.52. The second-order valence-corrected chi connectivity index (χ2v) is 15.4. The number of hydrogen-bond donors (Lipinski definition) is 4. The molecule has 0 aromatic rings. The van der Waals surface area contributed by atoms with E-state index in [0.29, 0.717) is 25.2 Å². The van der Waals surface area contributed by atoms with Gasteiger partial charge in [0.05, 0.1) is 7.11 Å². The summed E-state index contributed by atoms with van der Waals surface area (Å²) >= 11 is 0. The van der Waals surface area contributed by atoms with Gasteiger partial charge in [-0.25, -0.2) is 4.79 Å². The molecule has 0 saturated heterocycles. The molecule has 0 aliphatic heterocycles. The molecule has 63 heavy (non-hydrogen) atoms. The van der Waals surface area contributed by atoms with Crippen LogP contribution in [-0.4, -0.2) is 53.2 Å². The minimum Gasteiger partial charge on any atom is -0.481 e. The van der Waals surface area contributed by atoms with Gasteiger partial charge in [0, 0.05) is 12.8 Å². The monoisotopic (exact) mass is 899 g/mol. The van der Waals surface area contributed by atoms with E-state index in [2.05, 4.69) is 145 Å². The first kappa shape index (κ1) is 65.1. The fraction of sp³-hybridized carbons (Fsp3) is 0.547. The maximum absolute atomic E-state index is 11.9. The molecule has 2 atom stereocenters. The number of nitrogens with two attached hydrogens (primary N) is 1. The minimum absolute atomic E-state index is 0. The van der Waals surface area contributed by atoms with Crippen molar-refractivity contribution >= 4 is 36.2 Å². The van der Waals surface area contributed by atoms with E-state index in [1.54, 1.807) is 0 Å². The Bertz CT molecular complexity index is 1420. The molecule has 0 bridgehead atoms. The molecule has 0 aliphatic carbocycles. The van der Waals surface area contributed by atoms with Crippen molar-refractivity contribution in [2.45, 2.75) is 169 Å². The Morgan fingerprint density at radius 2 is 0.841 bits per heavy atom. The van der Waals surface area contributed by atoms with Gasteiger partial charge in [-0.15, -0.1) is 12.4 Å². The molecule has 0 fully saturated rings. The Labute approximate surface area is 389 Å². The summed E-state index contributed by atoms with van der Waals surface area (Å²) in [4.78, 5) is 44.0. The number of amides is 1. The lowest BCUT2D eigenvalue weighted by Gasteiger charge is -2.16. The van der Waals surface area contributed by atoms with Gasteiger partial charge in [-0.1, -0.05) is 163 Å². The van der Waals surface area contributed by atoms with Crippen LogP contribution in [0.5, 0.6) is 0 Å². The lowest BCUT2D eigenvalue weighted by Crippen LogP contribution is -2.41. The molecule has 0 radical (unpaired) electrons. The first-order chi connectivity index (χ1) is 29.8. The Morgan fingerprint density at radius 1 is 0.524 bits per heavy atom. The van der Waals surface area contributed by atoms with Crippen LogP contribution in [0.3, 0.4) is 0 Å². The molecule has 358 valence electrons. The van der Waals surface area contributed by atoms with Crippen LogP contribution in [0, 0.1) is 11.8 Å². The molecule has 0 spiro atoms. The number of allylic oxidation sites excluding steroid dienone is 20. The van der Waals surface area contributed by atoms with Gasteiger partial charge in [0.25, 0.3) is 0 Å². The maximum Gasteiger partial charge on any atom is 0.326 e. The van der Waals surface area contributed by atoms with Gasteiger partial charge in [0.1, 0.15) is 12.1 Å². The molecule has 0 aromatic carbocycles. The van der Waals surface area contributed by atoms with E-state index < -0.39 is 24.0 Å². The highest BCUT2D eigenvalue weighted by atomic mass is 35.5. The smallest absolute Gasteiger partial charge is 0.326 e. The highest BCUT2D eigenvalue weighted by molar-refractivity contribution is 5.85. The van der Waals surface area contributed by atoms with Gasteiger partial charge in [-0.2, -0.15) is 0 Å². The van der Waals surface area contributed by atoms with Crippen molar-refractivity contribution in [2.75, 3.05) is 7.11 Å². The van der Waals surface area contributed by atoms with Crippen LogP contribution in [0.4, 0.5) is 0 Å². The molecule has 5 N–H and O–H groups in total. The van der Waals surface area contributed by atoms with Crippen LogP contribution in [0.2, 0.25) is 0 Å². The summed E-state index contributed by atoms with van der Waals surface area (Å²) in [5.41, 5.74) is 5.45. The van der Waals surface area contributed by atoms with E-state index in [4.69, 9.17) is 15.9 Å². The van der Waals surface area contributed by atoms with Crippen LogP contribution in [0.1, 0.15) is 157 Å². The number of halogens is 1. The number of hydrogen-bond acceptors (Lipinski definition) is 6. The zero-order valence-corrected chi connectivity index (χ0v) is 40.8. The van der Waals surface area contributed by atoms with Crippen LogP contribution >= 0.6 is 12.4 Å². The molecule has 0 aliphatic rings. The lowest BCUT2D eigenvalue weighted by atomic mass is 10.0. The molecule has 0 saturated carbocycles. The first-order valence-electron chi connectivity index (χ1n) is 22.9. The number of rotatable bonds is 33. The maximum atomic E-state index is 11.9. The summed E-state index contributed by atoms with van der Waals surface area (Å²) in [6.45, 7) is 12.2. The number of carbonyl (C=O) groups excluding carboxylic acids is 2. The molecule has 0 heterocycles. The van der Waals surface area contributed by atoms with Crippen LogP contribution in [-0.2, 0) is 23.9 Å². The van der Waals surface area contributed by atoms with Crippen molar-refractivity contribution in [3.63, 3.8) is 0 Å². The number of unbranched alkanes of at least 4 members (excludes halogenated alkanes) is 2. The minimum atomic E-state index is -0.963. The fourth-order valence-electron chi connectivity index (χ4n) is 5.20. The van der Waals surface area contributed by atoms with Gasteiger partial charge in [0.15, 0.2) is 0 Å². The average molecular weight is 900 g/mol. The van der Waals surface area contributed by atoms with Crippen molar-refractivity contribution < 1.29 is 34.1 Å². The van der Waals surface area contributed by atoms with E-state index in [0.717, 1.165) is 89.9 Å². The predicted molar refractivity (Wildman–Crippen MR) is 270 cm³/mol. The van der Waals surface area contributed by atoms with E-state index in [9.17, 15) is 19.2 Å². The summed E-state index contributed by atoms with van der Waals surface area (Å²) in [7, 11) is 1.35. The Hall–Kier alpha value is -4.47. The third-order valence-electron chi connectivity index (χ3n) is 8.42. The summed E-state index contributed by atoms with van der Waals surface area (Å²) in [6, 6.07) is -1.24. The molecule has 9 nitrogen and oxygen atoms in total. The van der Waals surface area contributed by atoms with E-state index in [-0.39, 0.29) is 36.6 Å². The molecular formula is C53H87ClN2O7. The van der Waals surface area contributed by atoms with Gasteiger partial charge in [-0.3, -0.25) is 14.4 Å². The molecular weight excluding hydrogens is 812 g/mol. The van der Waals surface area contributed by atoms with Crippen LogP contribution in [0.15, 0.2) is 122 Å². The third kappa shape index (κ3) is 57.5. The Kier molecular flexibility index (Phi) is 53.6. The second-order valence-electron chi connectivity index (χ2n) is 15.4. The molecule has 0 unspecified atom stereocenters. The van der Waals surface area contributed by atoms with Gasteiger partial charge in [0.2, 0.25) is 5.91 Å². The Balaban J connectivity index is -0.000000460. The number of carboxylic acids is 2. The number of methoxy groups -OCH3 is 1. The van der Waals surface area contributed by atoms with E-state index in [1.807, 2.05) is 27.7 Å². The zero-order chi connectivity index (χ0) is 46.9. The topological polar surface area (TPSA) is 156 Å². The van der Waals surface area contributed by atoms with Crippen molar-refractivity contribution in [1.29, 1.82) is 0 Å². The number of ether oxygens (including phenoxy) is 1. The summed E-state index contributed by atoms with van der Waals surface area (Å²) in [5, 5.41) is 20.3. The summed E-state index contributed by atoms with van der Waals surface area (Å²) in [6.07, 6.45) is 58.0. The lowest BCUT2D eigenvalue weighted by molar-refractivity contribution is -0.143. The normalized spacial score (nSPS) is 13.0. The molecule has 0 rings (SSSR count). The van der Waals surface area contributed by atoms with Crippen molar-refractivity contribution in [2.24, 2.45) is 17.6 Å². The standard InChI is InChI=1S/C26H41NO3.C20H30O2.C7H15NO2.ClH/c1-4-5-6-7-8-9-10-11-12-13-14-15-16-17-18-19-20-21-25(28)27-24(26(29)30)22-23(2)3;1-2-3-4-5-6-7-8-9-10-11-12-13-14-15-16-17-18-19-20(21)22;1-5(2)4-6(8)7(9)10-3;/h5-6,8-9,11-12,14-15,17-18,23-24H,4,7,10,13,16,19-22H2,1-3H3,(H,27,28)(H,29,30);3-4,6-7,9-10,12-13,15-16H,2,5,8,11,14,17-19H2,1H3,(H,21,22);5-6H,4,8H2,1-3H3;1H/b6-5-,9-8-,12-11-,15-14-,18-17-;4-3-,7-6-,10-9-,13-12-,16-15-;;/t24-;;6-;/m0.0./s1. The van der Waals surface area contributed by atoms with Crippen LogP contribution in [0.25, 0.3) is 0 Å². The van der Waals surface area contributed by atoms with Crippen LogP contribution < -0.4 is 11.1 Å². The molecule has 10 heteroatoms. The van der Waals surface area contributed by atoms with E-state index in [1.165, 1.54) is 7.11 Å². The number of nitrogens with one attached hydrogen (secondary N) is 1. The summed E-state index contributed by atoms with van der Waals surface area (Å²) < 4.78 is 4.45. The molecule has 1 amide bonds. The quantitative estimate of drug-likeness (QED) is 0.0288. The Morgan fingerprint density at radius 3 is 1.13 bits per heavy atom. The second kappa shape index (κ2) is 51.9. The number of esters is 1. The SMILES string of the molecule is CC/C=C\C/C=C\C/C=C\C/C=C\C/C=C\CCCC(=O)N[C@@H](CC(C)C)C(=O)O.CC/C=C\C/C=C\C/C=C\C/C=C\C/C=C\CCCC(=O)O.COC(=O)[C@@H](N)CC(C)C.Cl.